The summed E-state index contributed by atoms with van der Waals surface area (Å²) in [5.74, 6) is -0.850. The molecule has 2 rings (SSSR count). The number of fused-ring (bicyclic) bond motifs is 1. The molecule has 0 radical (unpaired) electrons. The summed E-state index contributed by atoms with van der Waals surface area (Å²) in [6, 6.07) is 0. The Morgan fingerprint density at radius 3 is 2.22 bits per heavy atom. The number of hydrogen-bond acceptors (Lipinski definition) is 3. The quantitative estimate of drug-likeness (QED) is 0.796. The van der Waals surface area contributed by atoms with Crippen molar-refractivity contribution >= 4 is 0 Å². The summed E-state index contributed by atoms with van der Waals surface area (Å²) in [6.07, 6.45) is -11.0. The van der Waals surface area contributed by atoms with Crippen LogP contribution in [0.2, 0.25) is 0 Å². The molecule has 100 valence electrons. The number of alkyl halides is 6. The number of halogens is 6. The number of nitrogens with one attached hydrogen (secondary N) is 1. The summed E-state index contributed by atoms with van der Waals surface area (Å²) in [4.78, 5) is 6.52. The van der Waals surface area contributed by atoms with E-state index in [2.05, 4.69) is 15.3 Å². The zero-order chi connectivity index (χ0) is 13.6. The standard InChI is InChI=1S/C9H7F6N3/c10-8(11,12)1-6-17-5-3-16-2-4(5)7(18-6)9(13,14)15/h16H,1-3H2. The van der Waals surface area contributed by atoms with E-state index in [0.29, 0.717) is 0 Å². The average Bonchev–Trinajstić information content (AvgIpc) is 2.59. The monoisotopic (exact) mass is 271 g/mol. The molecule has 18 heavy (non-hydrogen) atoms. The molecule has 0 aromatic carbocycles. The first-order valence-electron chi connectivity index (χ1n) is 4.90. The molecule has 0 aliphatic carbocycles. The first-order chi connectivity index (χ1) is 8.17. The van der Waals surface area contributed by atoms with Gasteiger partial charge in [0.05, 0.1) is 5.69 Å². The van der Waals surface area contributed by atoms with E-state index in [4.69, 9.17) is 0 Å². The van der Waals surface area contributed by atoms with Crippen LogP contribution in [0.15, 0.2) is 0 Å². The Balaban J connectivity index is 2.46. The molecule has 0 bridgehead atoms. The van der Waals surface area contributed by atoms with E-state index in [-0.39, 0.29) is 24.3 Å². The fourth-order valence-electron chi connectivity index (χ4n) is 1.71. The highest BCUT2D eigenvalue weighted by atomic mass is 19.4. The molecule has 2 heterocycles. The Morgan fingerprint density at radius 2 is 1.67 bits per heavy atom. The Kier molecular flexibility index (Phi) is 2.96. The maximum atomic E-state index is 12.7. The third-order valence-corrected chi connectivity index (χ3v) is 2.36. The normalized spacial score (nSPS) is 15.9. The topological polar surface area (TPSA) is 37.8 Å². The van der Waals surface area contributed by atoms with Gasteiger partial charge in [-0.1, -0.05) is 0 Å². The minimum Gasteiger partial charge on any atom is -0.307 e. The third-order valence-electron chi connectivity index (χ3n) is 2.36. The summed E-state index contributed by atoms with van der Waals surface area (Å²) in [5.41, 5.74) is -1.47. The molecule has 0 saturated heterocycles. The predicted molar refractivity (Wildman–Crippen MR) is 47.3 cm³/mol. The average molecular weight is 271 g/mol. The predicted octanol–water partition coefficient (Wildman–Crippen LogP) is 2.20. The third kappa shape index (κ3) is 2.71. The van der Waals surface area contributed by atoms with Crippen molar-refractivity contribution in [1.82, 2.24) is 15.3 Å². The van der Waals surface area contributed by atoms with E-state index < -0.39 is 30.3 Å². The van der Waals surface area contributed by atoms with Crippen LogP contribution in [0.25, 0.3) is 0 Å². The van der Waals surface area contributed by atoms with Gasteiger partial charge in [-0.05, 0) is 0 Å². The summed E-state index contributed by atoms with van der Waals surface area (Å²) >= 11 is 0. The van der Waals surface area contributed by atoms with Gasteiger partial charge in [0.15, 0.2) is 5.69 Å². The molecule has 3 nitrogen and oxygen atoms in total. The maximum absolute atomic E-state index is 12.7. The molecule has 1 aromatic rings. The van der Waals surface area contributed by atoms with Crippen molar-refractivity contribution in [3.63, 3.8) is 0 Å². The Hall–Kier alpha value is -1.38. The number of aromatic nitrogens is 2. The summed E-state index contributed by atoms with van der Waals surface area (Å²) in [7, 11) is 0. The second kappa shape index (κ2) is 4.08. The molecule has 0 fully saturated rings. The molecular weight excluding hydrogens is 264 g/mol. The van der Waals surface area contributed by atoms with E-state index in [1.165, 1.54) is 0 Å². The highest BCUT2D eigenvalue weighted by Crippen LogP contribution is 2.33. The number of nitrogens with zero attached hydrogens (tertiary/aromatic N) is 2. The molecule has 9 heteroatoms. The summed E-state index contributed by atoms with van der Waals surface area (Å²) in [5, 5.41) is 2.61. The molecule has 1 aliphatic rings. The molecule has 1 aromatic heterocycles. The highest BCUT2D eigenvalue weighted by Gasteiger charge is 2.39. The minimum atomic E-state index is -4.78. The van der Waals surface area contributed by atoms with Crippen molar-refractivity contribution in [2.75, 3.05) is 0 Å². The van der Waals surface area contributed by atoms with Gasteiger partial charge in [0.1, 0.15) is 12.2 Å². The van der Waals surface area contributed by atoms with Gasteiger partial charge in [0, 0.05) is 18.7 Å². The molecule has 1 N–H and O–H groups in total. The van der Waals surface area contributed by atoms with Gasteiger partial charge in [-0.3, -0.25) is 0 Å². The minimum absolute atomic E-state index is 0.0171. The lowest BCUT2D eigenvalue weighted by atomic mass is 10.1. The van der Waals surface area contributed by atoms with Crippen molar-refractivity contribution in [3.05, 3.63) is 22.8 Å². The second-order valence-corrected chi connectivity index (χ2v) is 3.81. The zero-order valence-electron chi connectivity index (χ0n) is 8.78. The van der Waals surface area contributed by atoms with Crippen LogP contribution in [-0.4, -0.2) is 16.1 Å². The first kappa shape index (κ1) is 13.1. The Morgan fingerprint density at radius 1 is 1.00 bits per heavy atom. The molecule has 0 amide bonds. The largest absolute Gasteiger partial charge is 0.433 e. The number of hydrogen-bond donors (Lipinski definition) is 1. The fraction of sp³-hybridized carbons (Fsp3) is 0.556. The second-order valence-electron chi connectivity index (χ2n) is 3.81. The maximum Gasteiger partial charge on any atom is 0.433 e. The van der Waals surface area contributed by atoms with Crippen molar-refractivity contribution in [3.8, 4) is 0 Å². The van der Waals surface area contributed by atoms with Crippen LogP contribution in [-0.2, 0) is 25.7 Å². The van der Waals surface area contributed by atoms with Crippen LogP contribution >= 0.6 is 0 Å². The van der Waals surface area contributed by atoms with E-state index >= 15 is 0 Å². The van der Waals surface area contributed by atoms with Crippen molar-refractivity contribution in [2.24, 2.45) is 0 Å². The van der Waals surface area contributed by atoms with E-state index in [9.17, 15) is 26.3 Å². The van der Waals surface area contributed by atoms with Crippen LogP contribution in [0.4, 0.5) is 26.3 Å². The van der Waals surface area contributed by atoms with E-state index in [1.807, 2.05) is 0 Å². The van der Waals surface area contributed by atoms with Crippen molar-refractivity contribution in [2.45, 2.75) is 31.9 Å². The fourth-order valence-corrected chi connectivity index (χ4v) is 1.71. The van der Waals surface area contributed by atoms with Gasteiger partial charge in [-0.25, -0.2) is 9.97 Å². The van der Waals surface area contributed by atoms with Crippen molar-refractivity contribution in [1.29, 1.82) is 0 Å². The first-order valence-corrected chi connectivity index (χ1v) is 4.90. The lowest BCUT2D eigenvalue weighted by molar-refractivity contribution is -0.143. The Labute approximate surface area is 97.2 Å². The SMILES string of the molecule is FC(F)(F)Cc1nc2c(c(C(F)(F)F)n1)CNC2. The molecule has 1 aliphatic heterocycles. The van der Waals surface area contributed by atoms with Gasteiger partial charge < -0.3 is 5.32 Å². The van der Waals surface area contributed by atoms with E-state index in [0.717, 1.165) is 0 Å². The van der Waals surface area contributed by atoms with Gasteiger partial charge >= 0.3 is 12.4 Å². The van der Waals surface area contributed by atoms with Gasteiger partial charge in [-0.2, -0.15) is 26.3 Å². The molecule has 0 saturated carbocycles. The highest BCUT2D eigenvalue weighted by molar-refractivity contribution is 5.31. The molecule has 0 atom stereocenters. The van der Waals surface area contributed by atoms with E-state index in [1.54, 1.807) is 0 Å². The van der Waals surface area contributed by atoms with Crippen molar-refractivity contribution < 1.29 is 26.3 Å². The lowest BCUT2D eigenvalue weighted by Crippen LogP contribution is -2.20. The molecule has 0 unspecified atom stereocenters. The van der Waals surface area contributed by atoms with Crippen LogP contribution in [0.1, 0.15) is 22.8 Å². The molecular formula is C9H7F6N3. The van der Waals surface area contributed by atoms with Crippen LogP contribution < -0.4 is 5.32 Å². The Bertz CT molecular complexity index is 465. The summed E-state index contributed by atoms with van der Waals surface area (Å²) in [6.45, 7) is -0.0672. The zero-order valence-corrected chi connectivity index (χ0v) is 8.78. The smallest absolute Gasteiger partial charge is 0.307 e. The van der Waals surface area contributed by atoms with Gasteiger partial charge in [0.25, 0.3) is 0 Å². The molecule has 0 spiro atoms. The lowest BCUT2D eigenvalue weighted by Gasteiger charge is -2.13. The summed E-state index contributed by atoms with van der Waals surface area (Å²) < 4.78 is 74.4. The van der Waals surface area contributed by atoms with Gasteiger partial charge in [-0.15, -0.1) is 0 Å². The number of rotatable bonds is 1. The van der Waals surface area contributed by atoms with Crippen LogP contribution in [0.3, 0.4) is 0 Å². The van der Waals surface area contributed by atoms with Crippen LogP contribution in [0.5, 0.6) is 0 Å². The van der Waals surface area contributed by atoms with Gasteiger partial charge in [0.2, 0.25) is 0 Å². The van der Waals surface area contributed by atoms with Crippen LogP contribution in [0, 0.1) is 0 Å².